The fourth-order valence-corrected chi connectivity index (χ4v) is 5.20. The molecule has 0 saturated heterocycles. The molecule has 3 aromatic carbocycles. The second-order valence-electron chi connectivity index (χ2n) is 5.97. The second-order valence-corrected chi connectivity index (χ2v) is 9.56. The molecule has 0 saturated carbocycles. The first kappa shape index (κ1) is 21.0. The van der Waals surface area contributed by atoms with Crippen molar-refractivity contribution in [2.45, 2.75) is 16.4 Å². The zero-order valence-corrected chi connectivity index (χ0v) is 17.7. The minimum atomic E-state index is -3.85. The summed E-state index contributed by atoms with van der Waals surface area (Å²) in [6, 6.07) is 18.6. The van der Waals surface area contributed by atoms with E-state index >= 15 is 0 Å². The van der Waals surface area contributed by atoms with E-state index in [1.807, 2.05) is 36.4 Å². The summed E-state index contributed by atoms with van der Waals surface area (Å²) in [6.07, 6.45) is 0. The van der Waals surface area contributed by atoms with Crippen LogP contribution in [0.3, 0.4) is 0 Å². The highest BCUT2D eigenvalue weighted by molar-refractivity contribution is 7.98. The van der Waals surface area contributed by atoms with Gasteiger partial charge in [0.2, 0.25) is 10.0 Å². The summed E-state index contributed by atoms with van der Waals surface area (Å²) < 4.78 is 41.6. The van der Waals surface area contributed by atoms with Crippen LogP contribution in [0.4, 0.5) is 10.1 Å². The first-order valence-electron chi connectivity index (χ1n) is 8.24. The monoisotopic (exact) mass is 455 g/mol. The smallest absolute Gasteiger partial charge is 0.237 e. The van der Waals surface area contributed by atoms with E-state index in [1.54, 1.807) is 12.1 Å². The number of nitrogens with one attached hydrogen (secondary N) is 1. The van der Waals surface area contributed by atoms with Crippen molar-refractivity contribution < 1.29 is 12.8 Å². The van der Waals surface area contributed by atoms with Crippen molar-refractivity contribution in [3.63, 3.8) is 0 Å². The highest BCUT2D eigenvalue weighted by atomic mass is 35.5. The van der Waals surface area contributed by atoms with E-state index in [1.165, 1.54) is 30.0 Å². The van der Waals surface area contributed by atoms with Gasteiger partial charge in [-0.3, -0.25) is 4.72 Å². The molecule has 0 amide bonds. The van der Waals surface area contributed by atoms with E-state index in [4.69, 9.17) is 23.2 Å². The zero-order chi connectivity index (χ0) is 20.1. The molecule has 3 aromatic rings. The van der Waals surface area contributed by atoms with Gasteiger partial charge < -0.3 is 0 Å². The third-order valence-corrected chi connectivity index (χ3v) is 6.81. The lowest BCUT2D eigenvalue weighted by Gasteiger charge is -2.13. The van der Waals surface area contributed by atoms with Crippen LogP contribution in [0, 0.1) is 5.82 Å². The summed E-state index contributed by atoms with van der Waals surface area (Å²) in [5.74, 6) is -0.549. The maximum atomic E-state index is 13.9. The van der Waals surface area contributed by atoms with Crippen LogP contribution in [0.1, 0.15) is 11.1 Å². The molecule has 0 atom stereocenters. The number of rotatable bonds is 7. The normalized spacial score (nSPS) is 11.4. The molecule has 0 fully saturated rings. The molecule has 28 heavy (non-hydrogen) atoms. The zero-order valence-electron chi connectivity index (χ0n) is 14.5. The van der Waals surface area contributed by atoms with E-state index in [0.717, 1.165) is 10.5 Å². The van der Waals surface area contributed by atoms with Crippen LogP contribution in [0.25, 0.3) is 0 Å². The van der Waals surface area contributed by atoms with E-state index in [0.29, 0.717) is 16.5 Å². The van der Waals surface area contributed by atoms with Gasteiger partial charge in [-0.15, -0.1) is 11.8 Å². The van der Waals surface area contributed by atoms with Crippen LogP contribution >= 0.6 is 35.0 Å². The van der Waals surface area contributed by atoms with Gasteiger partial charge >= 0.3 is 0 Å². The third-order valence-electron chi connectivity index (χ3n) is 3.86. The predicted molar refractivity (Wildman–Crippen MR) is 115 cm³/mol. The number of hydrogen-bond acceptors (Lipinski definition) is 3. The van der Waals surface area contributed by atoms with Crippen LogP contribution in [-0.4, -0.2) is 8.42 Å². The minimum Gasteiger partial charge on any atom is -0.282 e. The molecule has 0 aliphatic carbocycles. The van der Waals surface area contributed by atoms with Gasteiger partial charge in [-0.05, 0) is 42.0 Å². The van der Waals surface area contributed by atoms with Gasteiger partial charge in [0, 0.05) is 26.3 Å². The molecular formula is C20H16Cl2FNO2S2. The lowest BCUT2D eigenvalue weighted by molar-refractivity contribution is 0.591. The van der Waals surface area contributed by atoms with Gasteiger partial charge in [-0.1, -0.05) is 53.5 Å². The molecular weight excluding hydrogens is 440 g/mol. The number of hydrogen-bond donors (Lipinski definition) is 1. The summed E-state index contributed by atoms with van der Waals surface area (Å²) in [7, 11) is -3.85. The van der Waals surface area contributed by atoms with Gasteiger partial charge in [0.1, 0.15) is 5.82 Å². The Hall–Kier alpha value is -1.73. The number of para-hydroxylation sites is 1. The molecule has 8 heteroatoms. The largest absolute Gasteiger partial charge is 0.282 e. The first-order valence-corrected chi connectivity index (χ1v) is 11.6. The highest BCUT2D eigenvalue weighted by Crippen LogP contribution is 2.31. The Morgan fingerprint density at radius 1 is 0.929 bits per heavy atom. The average Bonchev–Trinajstić information content (AvgIpc) is 2.65. The fraction of sp³-hybridized carbons (Fsp3) is 0.100. The van der Waals surface area contributed by atoms with Crippen LogP contribution in [0.2, 0.25) is 10.0 Å². The van der Waals surface area contributed by atoms with Crippen molar-refractivity contribution in [1.29, 1.82) is 0 Å². The Kier molecular flexibility index (Phi) is 6.88. The van der Waals surface area contributed by atoms with Crippen LogP contribution < -0.4 is 4.72 Å². The third kappa shape index (κ3) is 5.64. The number of halogens is 3. The second kappa shape index (κ2) is 9.18. The topological polar surface area (TPSA) is 46.2 Å². The predicted octanol–water partition coefficient (Wildman–Crippen LogP) is 6.37. The van der Waals surface area contributed by atoms with Crippen molar-refractivity contribution in [2.75, 3.05) is 4.72 Å². The highest BCUT2D eigenvalue weighted by Gasteiger charge is 2.18. The summed E-state index contributed by atoms with van der Waals surface area (Å²) in [5.41, 5.74) is 1.45. The first-order chi connectivity index (χ1) is 13.3. The number of thioether (sulfide) groups is 1. The number of anilines is 1. The molecule has 0 radical (unpaired) electrons. The van der Waals surface area contributed by atoms with E-state index in [2.05, 4.69) is 4.72 Å². The molecule has 0 aliphatic rings. The minimum absolute atomic E-state index is 0.0528. The summed E-state index contributed by atoms with van der Waals surface area (Å²) in [6.45, 7) is 0. The summed E-state index contributed by atoms with van der Waals surface area (Å²) in [4.78, 5) is 0.764. The molecule has 0 bridgehead atoms. The molecule has 0 spiro atoms. The van der Waals surface area contributed by atoms with Crippen molar-refractivity contribution in [2.24, 2.45) is 0 Å². The lowest BCUT2D eigenvalue weighted by atomic mass is 10.2. The Balaban J connectivity index is 1.75. The maximum Gasteiger partial charge on any atom is 0.237 e. The average molecular weight is 456 g/mol. The number of benzene rings is 3. The molecule has 0 aromatic heterocycles. The maximum absolute atomic E-state index is 13.9. The fourth-order valence-electron chi connectivity index (χ4n) is 2.48. The van der Waals surface area contributed by atoms with Crippen molar-refractivity contribution >= 4 is 50.7 Å². The van der Waals surface area contributed by atoms with E-state index in [-0.39, 0.29) is 10.6 Å². The molecule has 1 N–H and O–H groups in total. The van der Waals surface area contributed by atoms with Gasteiger partial charge in [0.15, 0.2) is 0 Å². The molecule has 0 aliphatic heterocycles. The van der Waals surface area contributed by atoms with Crippen molar-refractivity contribution in [3.05, 3.63) is 93.7 Å². The van der Waals surface area contributed by atoms with Gasteiger partial charge in [-0.25, -0.2) is 12.8 Å². The van der Waals surface area contributed by atoms with Gasteiger partial charge in [0.25, 0.3) is 0 Å². The van der Waals surface area contributed by atoms with E-state index in [9.17, 15) is 12.8 Å². The Morgan fingerprint density at radius 3 is 2.36 bits per heavy atom. The van der Waals surface area contributed by atoms with Crippen molar-refractivity contribution in [3.8, 4) is 0 Å². The summed E-state index contributed by atoms with van der Waals surface area (Å²) in [5, 5.41) is 0.740. The molecule has 3 rings (SSSR count). The van der Waals surface area contributed by atoms with Gasteiger partial charge in [0.05, 0.1) is 11.4 Å². The van der Waals surface area contributed by atoms with Crippen LogP contribution in [0.5, 0.6) is 0 Å². The molecule has 3 nitrogen and oxygen atoms in total. The SMILES string of the molecule is O=S(=O)(Cc1c(F)cccc1Cl)Nc1ccccc1SCc1ccc(Cl)cc1. The molecule has 146 valence electrons. The van der Waals surface area contributed by atoms with E-state index < -0.39 is 21.6 Å². The molecule has 0 unspecified atom stereocenters. The Morgan fingerprint density at radius 2 is 1.64 bits per heavy atom. The molecule has 0 heterocycles. The Bertz CT molecular complexity index is 1050. The van der Waals surface area contributed by atoms with Crippen LogP contribution in [-0.2, 0) is 21.5 Å². The lowest BCUT2D eigenvalue weighted by Crippen LogP contribution is -2.16. The summed E-state index contributed by atoms with van der Waals surface area (Å²) >= 11 is 13.3. The quantitative estimate of drug-likeness (QED) is 0.421. The van der Waals surface area contributed by atoms with Crippen molar-refractivity contribution in [1.82, 2.24) is 0 Å². The van der Waals surface area contributed by atoms with Gasteiger partial charge in [-0.2, -0.15) is 0 Å². The van der Waals surface area contributed by atoms with Crippen LogP contribution in [0.15, 0.2) is 71.6 Å². The number of sulfonamides is 1. The Labute approximate surface area is 177 Å². The standard InChI is InChI=1S/C20H16Cl2FNO2S2/c21-15-10-8-14(9-11-15)12-27-20-7-2-1-6-19(20)24-28(25,26)13-16-17(22)4-3-5-18(16)23/h1-11,24H,12-13H2.